The van der Waals surface area contributed by atoms with Crippen molar-refractivity contribution in [1.82, 2.24) is 4.98 Å². The van der Waals surface area contributed by atoms with Crippen LogP contribution in [-0.4, -0.2) is 42.4 Å². The molecule has 1 amide bonds. The topological polar surface area (TPSA) is 78.0 Å². The van der Waals surface area contributed by atoms with Crippen molar-refractivity contribution in [2.24, 2.45) is 0 Å². The molecule has 1 aliphatic rings. The Balaban J connectivity index is 2.22. The van der Waals surface area contributed by atoms with Crippen molar-refractivity contribution < 1.29 is 23.8 Å². The largest absolute Gasteiger partial charge is 0.488 e. The Hall–Kier alpha value is -2.31. The zero-order valence-corrected chi connectivity index (χ0v) is 13.9. The molecule has 0 radical (unpaired) electrons. The van der Waals surface area contributed by atoms with Gasteiger partial charge in [0.25, 0.3) is 0 Å². The smallest absolute Gasteiger partial charge is 0.416 e. The third kappa shape index (κ3) is 4.58. The van der Waals surface area contributed by atoms with Crippen molar-refractivity contribution in [3.05, 3.63) is 17.8 Å². The number of pyridine rings is 1. The fourth-order valence-corrected chi connectivity index (χ4v) is 2.09. The van der Waals surface area contributed by atoms with Crippen LogP contribution >= 0.6 is 0 Å². The molecule has 0 aromatic carbocycles. The Labute approximate surface area is 135 Å². The molecule has 0 fully saturated rings. The van der Waals surface area contributed by atoms with Crippen LogP contribution in [0.1, 0.15) is 33.4 Å². The van der Waals surface area contributed by atoms with Crippen LogP contribution in [-0.2, 0) is 20.7 Å². The quantitative estimate of drug-likeness (QED) is 0.795. The van der Waals surface area contributed by atoms with Crippen LogP contribution in [0.2, 0.25) is 0 Å². The van der Waals surface area contributed by atoms with E-state index in [2.05, 4.69) is 4.98 Å². The highest BCUT2D eigenvalue weighted by Crippen LogP contribution is 2.30. The number of anilines is 1. The Kier molecular flexibility index (Phi) is 5.08. The highest BCUT2D eigenvalue weighted by atomic mass is 16.6. The van der Waals surface area contributed by atoms with E-state index in [1.165, 1.54) is 4.90 Å². The van der Waals surface area contributed by atoms with Crippen molar-refractivity contribution in [1.29, 1.82) is 0 Å². The second-order valence-corrected chi connectivity index (χ2v) is 6.09. The average Bonchev–Trinajstić information content (AvgIpc) is 2.45. The van der Waals surface area contributed by atoms with E-state index in [-0.39, 0.29) is 12.4 Å². The Bertz CT molecular complexity index is 595. The third-order valence-corrected chi connectivity index (χ3v) is 2.97. The average molecular weight is 322 g/mol. The number of fused-ring (bicyclic) bond motifs is 1. The predicted octanol–water partition coefficient (Wildman–Crippen LogP) is 2.32. The van der Waals surface area contributed by atoms with Gasteiger partial charge in [0.15, 0.2) is 11.6 Å². The van der Waals surface area contributed by atoms with Crippen molar-refractivity contribution >= 4 is 17.9 Å². The predicted molar refractivity (Wildman–Crippen MR) is 83.6 cm³/mol. The maximum absolute atomic E-state index is 12.3. The van der Waals surface area contributed by atoms with Crippen molar-refractivity contribution in [3.63, 3.8) is 0 Å². The molecule has 2 heterocycles. The first-order valence-electron chi connectivity index (χ1n) is 7.59. The Morgan fingerprint density at radius 1 is 1.35 bits per heavy atom. The number of esters is 1. The van der Waals surface area contributed by atoms with E-state index >= 15 is 0 Å². The summed E-state index contributed by atoms with van der Waals surface area (Å²) in [6.07, 6.45) is -0.439. The number of carbonyl (C=O) groups excluding carboxylic acids is 2. The number of hydrogen-bond donors (Lipinski definition) is 0. The summed E-state index contributed by atoms with van der Waals surface area (Å²) in [5.41, 5.74) is -0.0841. The minimum Gasteiger partial charge on any atom is -0.488 e. The van der Waals surface area contributed by atoms with Crippen LogP contribution in [0.25, 0.3) is 0 Å². The fourth-order valence-electron chi connectivity index (χ4n) is 2.09. The third-order valence-electron chi connectivity index (χ3n) is 2.97. The Morgan fingerprint density at radius 2 is 2.09 bits per heavy atom. The molecule has 1 aromatic heterocycles. The lowest BCUT2D eigenvalue weighted by molar-refractivity contribution is -0.142. The summed E-state index contributed by atoms with van der Waals surface area (Å²) >= 11 is 0. The van der Waals surface area contributed by atoms with Crippen LogP contribution in [0.4, 0.5) is 10.6 Å². The number of hydrogen-bond acceptors (Lipinski definition) is 6. The molecule has 0 saturated heterocycles. The fraction of sp³-hybridized carbons (Fsp3) is 0.562. The van der Waals surface area contributed by atoms with Gasteiger partial charge in [-0.3, -0.25) is 9.69 Å². The van der Waals surface area contributed by atoms with Crippen LogP contribution < -0.4 is 9.64 Å². The maximum atomic E-state index is 12.3. The minimum absolute atomic E-state index is 0.0449. The summed E-state index contributed by atoms with van der Waals surface area (Å²) in [4.78, 5) is 29.7. The number of amides is 1. The van der Waals surface area contributed by atoms with E-state index in [1.54, 1.807) is 39.8 Å². The molecule has 0 spiro atoms. The lowest BCUT2D eigenvalue weighted by Gasteiger charge is -2.30. The number of aromatic nitrogens is 1. The van der Waals surface area contributed by atoms with Gasteiger partial charge in [-0.2, -0.15) is 0 Å². The van der Waals surface area contributed by atoms with E-state index < -0.39 is 11.7 Å². The van der Waals surface area contributed by atoms with Gasteiger partial charge in [0.2, 0.25) is 0 Å². The van der Waals surface area contributed by atoms with E-state index in [9.17, 15) is 9.59 Å². The molecule has 0 saturated carbocycles. The van der Waals surface area contributed by atoms with Gasteiger partial charge >= 0.3 is 12.1 Å². The summed E-state index contributed by atoms with van der Waals surface area (Å²) in [5.74, 6) is 0.502. The molecule has 0 unspecified atom stereocenters. The highest BCUT2D eigenvalue weighted by Gasteiger charge is 2.29. The standard InChI is InChI=1S/C16H22N2O5/c1-5-21-13(19)10-11-6-7-12-14(17-11)18(8-9-22-12)15(20)23-16(2,3)4/h6-7H,5,8-10H2,1-4H3. The summed E-state index contributed by atoms with van der Waals surface area (Å²) in [5, 5.41) is 0. The lowest BCUT2D eigenvalue weighted by Crippen LogP contribution is -2.42. The molecule has 1 aromatic rings. The van der Waals surface area contributed by atoms with Gasteiger partial charge in [0, 0.05) is 0 Å². The van der Waals surface area contributed by atoms with Crippen LogP contribution in [0.5, 0.6) is 5.75 Å². The van der Waals surface area contributed by atoms with E-state index in [0.717, 1.165) is 0 Å². The molecule has 7 heteroatoms. The van der Waals surface area contributed by atoms with Gasteiger partial charge in [0.05, 0.1) is 25.3 Å². The summed E-state index contributed by atoms with van der Waals surface area (Å²) < 4.78 is 15.8. The van der Waals surface area contributed by atoms with E-state index in [4.69, 9.17) is 14.2 Å². The van der Waals surface area contributed by atoms with Crippen LogP contribution in [0, 0.1) is 0 Å². The molecule has 2 rings (SSSR count). The zero-order chi connectivity index (χ0) is 17.0. The van der Waals surface area contributed by atoms with Gasteiger partial charge in [-0.1, -0.05) is 0 Å². The number of ether oxygens (including phenoxy) is 3. The zero-order valence-electron chi connectivity index (χ0n) is 13.9. The molecule has 1 aliphatic heterocycles. The van der Waals surface area contributed by atoms with Crippen molar-refractivity contribution in [3.8, 4) is 5.75 Å². The first-order chi connectivity index (χ1) is 10.8. The molecule has 0 aliphatic carbocycles. The molecular weight excluding hydrogens is 300 g/mol. The molecular formula is C16H22N2O5. The Morgan fingerprint density at radius 3 is 2.74 bits per heavy atom. The second-order valence-electron chi connectivity index (χ2n) is 6.09. The SMILES string of the molecule is CCOC(=O)Cc1ccc2c(n1)N(C(=O)OC(C)(C)C)CCO2. The highest BCUT2D eigenvalue weighted by molar-refractivity contribution is 5.89. The van der Waals surface area contributed by atoms with E-state index in [0.29, 0.717) is 37.0 Å². The normalized spacial score (nSPS) is 13.8. The van der Waals surface area contributed by atoms with Crippen LogP contribution in [0.3, 0.4) is 0 Å². The van der Waals surface area contributed by atoms with Crippen molar-refractivity contribution in [2.45, 2.75) is 39.7 Å². The number of nitrogens with zero attached hydrogens (tertiary/aromatic N) is 2. The molecule has 0 bridgehead atoms. The molecule has 7 nitrogen and oxygen atoms in total. The second kappa shape index (κ2) is 6.85. The van der Waals surface area contributed by atoms with Gasteiger partial charge in [-0.05, 0) is 39.8 Å². The van der Waals surface area contributed by atoms with Gasteiger partial charge < -0.3 is 14.2 Å². The van der Waals surface area contributed by atoms with Gasteiger partial charge in [0.1, 0.15) is 12.2 Å². The van der Waals surface area contributed by atoms with Gasteiger partial charge in [-0.25, -0.2) is 9.78 Å². The molecule has 126 valence electrons. The molecule has 0 atom stereocenters. The minimum atomic E-state index is -0.599. The first kappa shape index (κ1) is 17.1. The number of rotatable bonds is 3. The van der Waals surface area contributed by atoms with Crippen LogP contribution in [0.15, 0.2) is 12.1 Å². The van der Waals surface area contributed by atoms with E-state index in [1.807, 2.05) is 0 Å². The molecule has 23 heavy (non-hydrogen) atoms. The van der Waals surface area contributed by atoms with Gasteiger partial charge in [-0.15, -0.1) is 0 Å². The first-order valence-corrected chi connectivity index (χ1v) is 7.59. The molecule has 0 N–H and O–H groups in total. The summed E-state index contributed by atoms with van der Waals surface area (Å²) in [7, 11) is 0. The maximum Gasteiger partial charge on any atom is 0.416 e. The summed E-state index contributed by atoms with van der Waals surface area (Å²) in [6, 6.07) is 3.39. The lowest BCUT2D eigenvalue weighted by atomic mass is 10.2. The number of carbonyl (C=O) groups is 2. The van der Waals surface area contributed by atoms with Crippen molar-refractivity contribution in [2.75, 3.05) is 24.7 Å². The monoisotopic (exact) mass is 322 g/mol. The summed E-state index contributed by atoms with van der Waals surface area (Å²) in [6.45, 7) is 8.18.